The molecule has 1 aliphatic carbocycles. The summed E-state index contributed by atoms with van der Waals surface area (Å²) >= 11 is 0. The van der Waals surface area contributed by atoms with Gasteiger partial charge in [-0.25, -0.2) is 14.8 Å². The molecule has 4 amide bonds. The SMILES string of the molecule is NC(=O)[C@H](Cc1c[nH]cn1)N(COCc1ccccc1)C(=O)[C@H](Cc1ccccc1)N(C(=O)N1CCCC1)[C@@H](CC1CCCCC1)[C@@H](O)c1nccn1COCc1ccccc1. The highest BCUT2D eigenvalue weighted by molar-refractivity contribution is 5.92. The minimum absolute atomic E-state index is 0.0198. The molecule has 2 aromatic heterocycles. The van der Waals surface area contributed by atoms with Gasteiger partial charge in [0.2, 0.25) is 11.8 Å². The molecule has 7 rings (SSSR count). The third-order valence-corrected chi connectivity index (χ3v) is 12.2. The predicted molar refractivity (Wildman–Crippen MR) is 234 cm³/mol. The van der Waals surface area contributed by atoms with Gasteiger partial charge in [0.25, 0.3) is 0 Å². The molecule has 0 radical (unpaired) electrons. The van der Waals surface area contributed by atoms with Gasteiger partial charge in [0.15, 0.2) is 0 Å². The Bertz CT molecular complexity index is 2110. The lowest BCUT2D eigenvalue weighted by molar-refractivity contribution is -0.152. The number of aliphatic hydroxyl groups is 1. The topological polar surface area (TPSA) is 172 Å². The number of ether oxygens (including phenoxy) is 2. The van der Waals surface area contributed by atoms with Crippen molar-refractivity contribution in [1.29, 1.82) is 0 Å². The second-order valence-corrected chi connectivity index (χ2v) is 16.5. The Morgan fingerprint density at radius 1 is 0.790 bits per heavy atom. The van der Waals surface area contributed by atoms with E-state index in [0.29, 0.717) is 37.6 Å². The van der Waals surface area contributed by atoms with Gasteiger partial charge in [-0.3, -0.25) is 9.59 Å². The van der Waals surface area contributed by atoms with Gasteiger partial charge >= 0.3 is 6.03 Å². The Hall–Kier alpha value is -5.83. The Morgan fingerprint density at radius 3 is 2.03 bits per heavy atom. The molecule has 3 aromatic carbocycles. The van der Waals surface area contributed by atoms with Crippen LogP contribution in [-0.4, -0.2) is 95.1 Å². The summed E-state index contributed by atoms with van der Waals surface area (Å²) in [5.41, 5.74) is 9.40. The number of amides is 4. The molecule has 1 saturated carbocycles. The highest BCUT2D eigenvalue weighted by atomic mass is 16.5. The van der Waals surface area contributed by atoms with Crippen LogP contribution in [-0.2, 0) is 51.8 Å². The Kier molecular flexibility index (Phi) is 15.9. The highest BCUT2D eigenvalue weighted by Crippen LogP contribution is 2.36. The first kappa shape index (κ1) is 44.2. The second-order valence-electron chi connectivity index (χ2n) is 16.5. The lowest BCUT2D eigenvalue weighted by Crippen LogP contribution is -2.62. The van der Waals surface area contributed by atoms with Gasteiger partial charge in [0, 0.05) is 44.5 Å². The van der Waals surface area contributed by atoms with Crippen LogP contribution in [0.2, 0.25) is 0 Å². The monoisotopic (exact) mass is 844 g/mol. The first-order valence-corrected chi connectivity index (χ1v) is 22.0. The molecule has 14 nitrogen and oxygen atoms in total. The number of nitrogens with one attached hydrogen (secondary N) is 1. The molecule has 4 atom stereocenters. The van der Waals surface area contributed by atoms with Crippen molar-refractivity contribution in [1.82, 2.24) is 34.2 Å². The number of carbonyl (C=O) groups is 3. The van der Waals surface area contributed by atoms with Crippen LogP contribution in [0, 0.1) is 5.92 Å². The lowest BCUT2D eigenvalue weighted by Gasteiger charge is -2.44. The molecule has 0 spiro atoms. The van der Waals surface area contributed by atoms with Gasteiger partial charge < -0.3 is 44.6 Å². The largest absolute Gasteiger partial charge is 0.383 e. The van der Waals surface area contributed by atoms with Crippen LogP contribution in [0.15, 0.2) is 116 Å². The molecule has 2 fully saturated rings. The smallest absolute Gasteiger partial charge is 0.321 e. The Morgan fingerprint density at radius 2 is 1.42 bits per heavy atom. The van der Waals surface area contributed by atoms with Gasteiger partial charge in [-0.1, -0.05) is 123 Å². The zero-order valence-electron chi connectivity index (χ0n) is 35.4. The van der Waals surface area contributed by atoms with Gasteiger partial charge in [-0.05, 0) is 41.9 Å². The van der Waals surface area contributed by atoms with E-state index in [0.717, 1.165) is 61.6 Å². The van der Waals surface area contributed by atoms with Crippen molar-refractivity contribution in [2.45, 2.75) is 108 Å². The third kappa shape index (κ3) is 11.7. The summed E-state index contributed by atoms with van der Waals surface area (Å²) in [6, 6.07) is 25.4. The molecule has 4 N–H and O–H groups in total. The maximum Gasteiger partial charge on any atom is 0.321 e. The molecule has 1 saturated heterocycles. The summed E-state index contributed by atoms with van der Waals surface area (Å²) in [5, 5.41) is 12.8. The Labute approximate surface area is 364 Å². The van der Waals surface area contributed by atoms with E-state index in [1.54, 1.807) is 33.0 Å². The van der Waals surface area contributed by atoms with Crippen LogP contribution in [0.1, 0.15) is 85.7 Å². The number of imidazole rings is 2. The van der Waals surface area contributed by atoms with Gasteiger partial charge in [-0.15, -0.1) is 0 Å². The van der Waals surface area contributed by atoms with Crippen LogP contribution in [0.3, 0.4) is 0 Å². The summed E-state index contributed by atoms with van der Waals surface area (Å²) in [5.74, 6) is -0.743. The summed E-state index contributed by atoms with van der Waals surface area (Å²) in [4.78, 5) is 61.6. The van der Waals surface area contributed by atoms with Crippen LogP contribution in [0.5, 0.6) is 0 Å². The zero-order valence-corrected chi connectivity index (χ0v) is 35.4. The van der Waals surface area contributed by atoms with Crippen LogP contribution < -0.4 is 5.73 Å². The fourth-order valence-corrected chi connectivity index (χ4v) is 8.88. The number of hydrogen-bond acceptors (Lipinski definition) is 8. The van der Waals surface area contributed by atoms with Crippen LogP contribution in [0.25, 0.3) is 0 Å². The van der Waals surface area contributed by atoms with Crippen molar-refractivity contribution in [3.05, 3.63) is 144 Å². The van der Waals surface area contributed by atoms with E-state index in [1.807, 2.05) is 91.0 Å². The minimum Gasteiger partial charge on any atom is -0.383 e. The van der Waals surface area contributed by atoms with E-state index < -0.39 is 36.0 Å². The van der Waals surface area contributed by atoms with Gasteiger partial charge in [0.05, 0.1) is 31.3 Å². The lowest BCUT2D eigenvalue weighted by atomic mass is 9.82. The van der Waals surface area contributed by atoms with Crippen molar-refractivity contribution in [3.63, 3.8) is 0 Å². The summed E-state index contributed by atoms with van der Waals surface area (Å²) < 4.78 is 14.1. The van der Waals surface area contributed by atoms with Crippen molar-refractivity contribution >= 4 is 17.8 Å². The summed E-state index contributed by atoms with van der Waals surface area (Å²) in [6.07, 6.45) is 12.6. The average Bonchev–Trinajstić information content (AvgIpc) is 4.13. The van der Waals surface area contributed by atoms with E-state index in [2.05, 4.69) is 15.0 Å². The quantitative estimate of drug-likeness (QED) is 0.0715. The number of nitrogens with zero attached hydrogens (tertiary/aromatic N) is 6. The molecule has 1 aliphatic heterocycles. The number of carbonyl (C=O) groups excluding carboxylic acids is 3. The number of nitrogens with two attached hydrogens (primary N) is 1. The first-order valence-electron chi connectivity index (χ1n) is 22.0. The Balaban J connectivity index is 1.31. The fourth-order valence-electron chi connectivity index (χ4n) is 8.88. The van der Waals surface area contributed by atoms with Gasteiger partial charge in [0.1, 0.15) is 37.5 Å². The molecule has 14 heteroatoms. The van der Waals surface area contributed by atoms with Gasteiger partial charge in [-0.2, -0.15) is 0 Å². The molecule has 2 aliphatic rings. The molecule has 3 heterocycles. The second kappa shape index (κ2) is 22.3. The van der Waals surface area contributed by atoms with Crippen molar-refractivity contribution in [3.8, 4) is 0 Å². The molecule has 5 aromatic rings. The van der Waals surface area contributed by atoms with E-state index in [9.17, 15) is 9.90 Å². The first-order chi connectivity index (χ1) is 30.4. The van der Waals surface area contributed by atoms with E-state index >= 15 is 9.59 Å². The molecule has 62 heavy (non-hydrogen) atoms. The van der Waals surface area contributed by atoms with E-state index in [-0.39, 0.29) is 44.9 Å². The number of urea groups is 1. The number of aromatic amines is 1. The normalized spacial score (nSPS) is 16.4. The number of benzene rings is 3. The number of likely N-dealkylation sites (tertiary alicyclic amines) is 1. The standard InChI is InChI=1S/C48H60N8O6/c49-45(58)42(29-40-30-50-33-52-40)55(35-62-32-39-21-11-4-12-22-39)47(59)43(28-37-17-7-2-8-18-37)56(48(60)53-24-13-14-25-53)41(27-36-15-5-1-6-16-36)44(57)46-51-23-26-54(46)34-61-31-38-19-9-3-10-20-38/h2-4,7-12,17-23,26,30,33,36,41-44,57H,1,5-6,13-16,24-25,27-29,31-32,34-35H2,(H2,49,58)(H,50,52)/t41-,42-,43-,44+/m0/s1. The average molecular weight is 845 g/mol. The van der Waals surface area contributed by atoms with E-state index in [4.69, 9.17) is 15.2 Å². The van der Waals surface area contributed by atoms with Crippen molar-refractivity contribution in [2.75, 3.05) is 19.8 Å². The maximum atomic E-state index is 15.8. The summed E-state index contributed by atoms with van der Waals surface area (Å²) in [6.45, 7) is 1.38. The number of aliphatic hydroxyl groups excluding tert-OH is 1. The minimum atomic E-state index is -1.30. The highest BCUT2D eigenvalue weighted by Gasteiger charge is 2.46. The van der Waals surface area contributed by atoms with Crippen molar-refractivity contribution < 1.29 is 29.0 Å². The summed E-state index contributed by atoms with van der Waals surface area (Å²) in [7, 11) is 0. The van der Waals surface area contributed by atoms with E-state index in [1.165, 1.54) is 11.2 Å². The number of H-pyrrole nitrogens is 1. The number of hydrogen-bond donors (Lipinski definition) is 3. The maximum absolute atomic E-state index is 15.8. The molecule has 0 unspecified atom stereocenters. The molecule has 328 valence electrons. The number of aromatic nitrogens is 4. The van der Waals surface area contributed by atoms with Crippen LogP contribution in [0.4, 0.5) is 4.79 Å². The zero-order chi connectivity index (χ0) is 43.1. The fraction of sp³-hybridized carbons (Fsp3) is 0.438. The number of rotatable bonds is 21. The van der Waals surface area contributed by atoms with Crippen molar-refractivity contribution in [2.24, 2.45) is 11.7 Å². The molecule has 0 bridgehead atoms. The van der Waals surface area contributed by atoms with Crippen LogP contribution >= 0.6 is 0 Å². The third-order valence-electron chi connectivity index (χ3n) is 12.2. The predicted octanol–water partition coefficient (Wildman–Crippen LogP) is 6.38. The molecular weight excluding hydrogens is 785 g/mol. The number of primary amides is 1. The molecular formula is C48H60N8O6.